The highest BCUT2D eigenvalue weighted by molar-refractivity contribution is 7.19. The van der Waals surface area contributed by atoms with Gasteiger partial charge < -0.3 is 15.6 Å². The minimum atomic E-state index is -0.265. The summed E-state index contributed by atoms with van der Waals surface area (Å²) in [5.74, 6) is 0.271. The van der Waals surface area contributed by atoms with Crippen molar-refractivity contribution in [2.24, 2.45) is 5.73 Å². The molecule has 8 heteroatoms. The van der Waals surface area contributed by atoms with E-state index in [4.69, 9.17) is 21.9 Å². The third-order valence-electron chi connectivity index (χ3n) is 2.44. The molecule has 3 N–H and O–H groups in total. The van der Waals surface area contributed by atoms with E-state index in [1.807, 2.05) is 13.0 Å². The zero-order valence-corrected chi connectivity index (χ0v) is 13.1. The number of carbonyl (C=O) groups is 1. The molecule has 0 aliphatic rings. The third kappa shape index (κ3) is 4.49. The Balaban J connectivity index is 0.00000200. The van der Waals surface area contributed by atoms with Gasteiger partial charge in [-0.1, -0.05) is 16.8 Å². The first-order chi connectivity index (χ1) is 9.06. The van der Waals surface area contributed by atoms with Crippen LogP contribution in [-0.2, 0) is 0 Å². The van der Waals surface area contributed by atoms with E-state index in [0.717, 1.165) is 11.3 Å². The lowest BCUT2D eigenvalue weighted by Crippen LogP contribution is -2.29. The second-order valence-electron chi connectivity index (χ2n) is 4.20. The van der Waals surface area contributed by atoms with Gasteiger partial charge in [-0.15, -0.1) is 23.7 Å². The number of nitrogens with two attached hydrogens (primary N) is 1. The number of halogens is 2. The number of hydrogen-bond donors (Lipinski definition) is 2. The molecule has 0 saturated heterocycles. The predicted octanol–water partition coefficient (Wildman–Crippen LogP) is 2.95. The van der Waals surface area contributed by atoms with Crippen molar-refractivity contribution in [1.29, 1.82) is 0 Å². The lowest BCUT2D eigenvalue weighted by atomic mass is 10.2. The van der Waals surface area contributed by atoms with Crippen LogP contribution in [-0.4, -0.2) is 23.7 Å². The molecule has 1 atom stereocenters. The molecule has 0 aromatic carbocycles. The Bertz CT molecular complexity index is 569. The Labute approximate surface area is 131 Å². The molecular formula is C12H15Cl2N3O2S. The fraction of sp³-hybridized carbons (Fsp3) is 0.333. The molecule has 1 amide bonds. The van der Waals surface area contributed by atoms with Gasteiger partial charge in [0, 0.05) is 18.7 Å². The predicted molar refractivity (Wildman–Crippen MR) is 82.7 cm³/mol. The van der Waals surface area contributed by atoms with Gasteiger partial charge in [0.2, 0.25) is 0 Å². The third-order valence-corrected chi connectivity index (χ3v) is 3.69. The highest BCUT2D eigenvalue weighted by atomic mass is 35.5. The fourth-order valence-corrected chi connectivity index (χ4v) is 2.44. The van der Waals surface area contributed by atoms with Crippen LogP contribution in [0.1, 0.15) is 23.8 Å². The summed E-state index contributed by atoms with van der Waals surface area (Å²) in [5.41, 5.74) is 5.86. The minimum Gasteiger partial charge on any atom is -0.355 e. The summed E-state index contributed by atoms with van der Waals surface area (Å²) in [6.45, 7) is 2.41. The molecule has 20 heavy (non-hydrogen) atoms. The first kappa shape index (κ1) is 17.0. The average molecular weight is 336 g/mol. The second kappa shape index (κ2) is 7.64. The molecule has 2 aromatic rings. The van der Waals surface area contributed by atoms with E-state index in [0.29, 0.717) is 16.6 Å². The summed E-state index contributed by atoms with van der Waals surface area (Å²) in [6.07, 6.45) is 0.719. The second-order valence-corrected chi connectivity index (χ2v) is 5.92. The largest absolute Gasteiger partial charge is 0.355 e. The zero-order chi connectivity index (χ0) is 13.8. The summed E-state index contributed by atoms with van der Waals surface area (Å²) < 4.78 is 5.79. The quantitative estimate of drug-likeness (QED) is 0.880. The van der Waals surface area contributed by atoms with Crippen LogP contribution >= 0.6 is 35.3 Å². The monoisotopic (exact) mass is 335 g/mol. The number of hydrogen-bond acceptors (Lipinski definition) is 5. The maximum absolute atomic E-state index is 11.8. The average Bonchev–Trinajstić information content (AvgIpc) is 2.96. The molecule has 2 aromatic heterocycles. The van der Waals surface area contributed by atoms with Crippen LogP contribution in [0.15, 0.2) is 22.7 Å². The first-order valence-electron chi connectivity index (χ1n) is 5.82. The van der Waals surface area contributed by atoms with E-state index in [1.165, 1.54) is 11.3 Å². The summed E-state index contributed by atoms with van der Waals surface area (Å²) in [7, 11) is 0. The molecule has 110 valence electrons. The van der Waals surface area contributed by atoms with Crippen LogP contribution in [0.4, 0.5) is 0 Å². The highest BCUT2D eigenvalue weighted by Crippen LogP contribution is 2.31. The topological polar surface area (TPSA) is 81.1 Å². The van der Waals surface area contributed by atoms with Crippen molar-refractivity contribution in [3.05, 3.63) is 28.2 Å². The van der Waals surface area contributed by atoms with Crippen LogP contribution in [0.2, 0.25) is 4.34 Å². The summed E-state index contributed by atoms with van der Waals surface area (Å²) in [6, 6.07) is 5.25. The van der Waals surface area contributed by atoms with Crippen molar-refractivity contribution in [3.63, 3.8) is 0 Å². The molecule has 0 radical (unpaired) electrons. The molecule has 0 fully saturated rings. The molecule has 0 spiro atoms. The van der Waals surface area contributed by atoms with Crippen LogP contribution in [0, 0.1) is 0 Å². The molecule has 2 rings (SSSR count). The summed E-state index contributed by atoms with van der Waals surface area (Å²) >= 11 is 7.21. The Hall–Kier alpha value is -1.08. The smallest absolute Gasteiger partial charge is 0.273 e. The van der Waals surface area contributed by atoms with Crippen LogP contribution in [0.5, 0.6) is 0 Å². The normalized spacial score (nSPS) is 11.8. The number of nitrogens with one attached hydrogen (secondary N) is 1. The maximum atomic E-state index is 11.8. The lowest BCUT2D eigenvalue weighted by molar-refractivity contribution is 0.0944. The molecule has 0 saturated carbocycles. The summed E-state index contributed by atoms with van der Waals surface area (Å²) in [4.78, 5) is 12.6. The number of carbonyl (C=O) groups excluding carboxylic acids is 1. The number of thiophene rings is 1. The SMILES string of the molecule is CC(N)CCNC(=O)c1cc(-c2ccc(Cl)s2)on1.Cl. The number of aromatic nitrogens is 1. The van der Waals surface area contributed by atoms with E-state index in [9.17, 15) is 4.79 Å². The first-order valence-corrected chi connectivity index (χ1v) is 7.02. The number of rotatable bonds is 5. The fourth-order valence-electron chi connectivity index (χ4n) is 1.45. The van der Waals surface area contributed by atoms with Crippen molar-refractivity contribution >= 4 is 41.3 Å². The Morgan fingerprint density at radius 1 is 1.60 bits per heavy atom. The number of nitrogens with zero attached hydrogens (tertiary/aromatic N) is 1. The Morgan fingerprint density at radius 3 is 2.95 bits per heavy atom. The van der Waals surface area contributed by atoms with Gasteiger partial charge in [0.25, 0.3) is 5.91 Å². The highest BCUT2D eigenvalue weighted by Gasteiger charge is 2.14. The Morgan fingerprint density at radius 2 is 2.35 bits per heavy atom. The van der Waals surface area contributed by atoms with Gasteiger partial charge in [-0.25, -0.2) is 0 Å². The van der Waals surface area contributed by atoms with Gasteiger partial charge in [0.05, 0.1) is 9.21 Å². The molecule has 5 nitrogen and oxygen atoms in total. The zero-order valence-electron chi connectivity index (χ0n) is 10.8. The summed E-state index contributed by atoms with van der Waals surface area (Å²) in [5, 5.41) is 6.48. The maximum Gasteiger partial charge on any atom is 0.273 e. The van der Waals surface area contributed by atoms with Crippen LogP contribution in [0.25, 0.3) is 10.6 Å². The van der Waals surface area contributed by atoms with E-state index in [1.54, 1.807) is 12.1 Å². The van der Waals surface area contributed by atoms with Gasteiger partial charge in [-0.05, 0) is 25.5 Å². The number of amides is 1. The molecule has 1 unspecified atom stereocenters. The molecule has 0 aliphatic heterocycles. The van der Waals surface area contributed by atoms with Gasteiger partial charge in [0.1, 0.15) is 0 Å². The minimum absolute atomic E-state index is 0. The van der Waals surface area contributed by atoms with Crippen molar-refractivity contribution < 1.29 is 9.32 Å². The van der Waals surface area contributed by atoms with E-state index >= 15 is 0 Å². The molecule has 0 aliphatic carbocycles. The van der Waals surface area contributed by atoms with E-state index in [2.05, 4.69) is 10.5 Å². The van der Waals surface area contributed by atoms with Crippen LogP contribution < -0.4 is 11.1 Å². The van der Waals surface area contributed by atoms with Gasteiger partial charge in [-0.2, -0.15) is 0 Å². The van der Waals surface area contributed by atoms with Gasteiger partial charge in [-0.3, -0.25) is 4.79 Å². The van der Waals surface area contributed by atoms with Crippen molar-refractivity contribution in [1.82, 2.24) is 10.5 Å². The molecular weight excluding hydrogens is 321 g/mol. The van der Waals surface area contributed by atoms with Gasteiger partial charge in [0.15, 0.2) is 11.5 Å². The van der Waals surface area contributed by atoms with Crippen molar-refractivity contribution in [2.45, 2.75) is 19.4 Å². The van der Waals surface area contributed by atoms with Crippen molar-refractivity contribution in [2.75, 3.05) is 6.54 Å². The van der Waals surface area contributed by atoms with E-state index in [-0.39, 0.29) is 30.0 Å². The molecule has 2 heterocycles. The van der Waals surface area contributed by atoms with Crippen molar-refractivity contribution in [3.8, 4) is 10.6 Å². The van der Waals surface area contributed by atoms with Crippen LogP contribution in [0.3, 0.4) is 0 Å². The molecule has 0 bridgehead atoms. The Kier molecular flexibility index (Phi) is 6.48. The lowest BCUT2D eigenvalue weighted by Gasteiger charge is -2.04. The van der Waals surface area contributed by atoms with Gasteiger partial charge >= 0.3 is 0 Å². The van der Waals surface area contributed by atoms with E-state index < -0.39 is 0 Å². The standard InChI is InChI=1S/C12H14ClN3O2S.ClH/c1-7(14)4-5-15-12(17)8-6-9(18-16-8)10-2-3-11(13)19-10;/h2-3,6-7H,4-5,14H2,1H3,(H,15,17);1H.